The van der Waals surface area contributed by atoms with Crippen LogP contribution in [0.4, 0.5) is 18.0 Å². The fraction of sp³-hybridized carbons (Fsp3) is 0.742. The molecule has 250 valence electrons. The minimum absolute atomic E-state index is 0.0359. The van der Waals surface area contributed by atoms with Crippen molar-refractivity contribution in [2.24, 2.45) is 17.3 Å². The molecule has 0 aromatic carbocycles. The highest BCUT2D eigenvalue weighted by atomic mass is 19.4. The number of fused-ring (bicyclic) bond motifs is 2. The molecule has 0 bridgehead atoms. The molecule has 1 aliphatic carbocycles. The normalized spacial score (nSPS) is 28.4. The van der Waals surface area contributed by atoms with E-state index in [0.717, 1.165) is 18.7 Å². The molecule has 4 heterocycles. The summed E-state index contributed by atoms with van der Waals surface area (Å²) in [5.74, 6) is -0.428. The van der Waals surface area contributed by atoms with Gasteiger partial charge in [-0.15, -0.1) is 0 Å². The molecule has 2 saturated heterocycles. The summed E-state index contributed by atoms with van der Waals surface area (Å²) < 4.78 is 56.7. The molecule has 11 nitrogen and oxygen atoms in total. The SMILES string of the molecule is COC1COCCC1NC[C@@H]1C[C@H]2CN(C(=O)CNC(=O)OC(C)(C)C)C[C@@]2(C(=O)N2CCc3ncc(C(F)(F)F)cc3C2)C1. The highest BCUT2D eigenvalue weighted by molar-refractivity contribution is 5.88. The summed E-state index contributed by atoms with van der Waals surface area (Å²) in [5, 5.41) is 6.13. The van der Waals surface area contributed by atoms with Crippen LogP contribution in [0.3, 0.4) is 0 Å². The average molecular weight is 640 g/mol. The number of carbonyl (C=O) groups is 3. The Kier molecular flexibility index (Phi) is 9.67. The number of likely N-dealkylation sites (tertiary alicyclic amines) is 1. The van der Waals surface area contributed by atoms with E-state index in [1.165, 1.54) is 0 Å². The van der Waals surface area contributed by atoms with Gasteiger partial charge in [0.05, 0.1) is 23.7 Å². The van der Waals surface area contributed by atoms with Crippen LogP contribution in [0, 0.1) is 17.3 Å². The van der Waals surface area contributed by atoms with Crippen molar-refractivity contribution < 1.29 is 41.8 Å². The first kappa shape index (κ1) is 33.4. The fourth-order valence-corrected chi connectivity index (χ4v) is 7.32. The monoisotopic (exact) mass is 639 g/mol. The minimum Gasteiger partial charge on any atom is -0.444 e. The Balaban J connectivity index is 1.31. The number of amides is 3. The van der Waals surface area contributed by atoms with Crippen molar-refractivity contribution in [1.82, 2.24) is 25.4 Å². The Labute approximate surface area is 261 Å². The predicted molar refractivity (Wildman–Crippen MR) is 156 cm³/mol. The van der Waals surface area contributed by atoms with Gasteiger partial charge in [-0.3, -0.25) is 14.6 Å². The summed E-state index contributed by atoms with van der Waals surface area (Å²) in [5.41, 5.74) is -1.47. The van der Waals surface area contributed by atoms with Crippen molar-refractivity contribution in [2.75, 3.05) is 53.0 Å². The van der Waals surface area contributed by atoms with Crippen LogP contribution in [-0.2, 0) is 42.9 Å². The van der Waals surface area contributed by atoms with Crippen molar-refractivity contribution in [3.05, 3.63) is 29.1 Å². The average Bonchev–Trinajstić information content (AvgIpc) is 3.52. The number of nitrogens with zero attached hydrogens (tertiary/aromatic N) is 3. The van der Waals surface area contributed by atoms with E-state index in [0.29, 0.717) is 63.4 Å². The number of hydrogen-bond donors (Lipinski definition) is 2. The number of alkyl halides is 3. The van der Waals surface area contributed by atoms with Crippen LogP contribution in [-0.4, -0.2) is 103 Å². The Morgan fingerprint density at radius 2 is 1.98 bits per heavy atom. The van der Waals surface area contributed by atoms with Gasteiger partial charge in [-0.1, -0.05) is 0 Å². The summed E-state index contributed by atoms with van der Waals surface area (Å²) in [6.45, 7) is 7.68. The molecule has 14 heteroatoms. The number of nitrogens with one attached hydrogen (secondary N) is 2. The standard InChI is InChI=1S/C31H44F3N5O6/c1-29(2,3)45-28(42)37-14-26(40)39-16-22-9-19(12-35-24-6-8-44-17-25(24)43-4)11-30(22,18-39)27(41)38-7-5-23-20(15-38)10-21(13-36-23)31(32,33)34/h10,13,19,22,24-25,35H,5-9,11-12,14-18H2,1-4H3,(H,37,42)/t19-,22+,24?,25?,30+/m1/s1. The maximum absolute atomic E-state index is 14.4. The van der Waals surface area contributed by atoms with Crippen LogP contribution in [0.5, 0.6) is 0 Å². The molecule has 4 aliphatic rings. The quantitative estimate of drug-likeness (QED) is 0.467. The predicted octanol–water partition coefficient (Wildman–Crippen LogP) is 2.76. The second-order valence-electron chi connectivity index (χ2n) is 13.7. The van der Waals surface area contributed by atoms with Gasteiger partial charge in [0.1, 0.15) is 12.1 Å². The number of aromatic nitrogens is 1. The zero-order valence-electron chi connectivity index (χ0n) is 26.4. The van der Waals surface area contributed by atoms with Crippen LogP contribution in [0.15, 0.2) is 12.3 Å². The number of rotatable bonds is 7. The number of halogens is 3. The topological polar surface area (TPSA) is 122 Å². The molecule has 2 N–H and O–H groups in total. The molecule has 3 amide bonds. The van der Waals surface area contributed by atoms with Crippen molar-refractivity contribution in [2.45, 2.75) is 76.9 Å². The van der Waals surface area contributed by atoms with Crippen LogP contribution in [0.25, 0.3) is 0 Å². The number of alkyl carbamates (subject to hydrolysis) is 1. The molecule has 3 aliphatic heterocycles. The van der Waals surface area contributed by atoms with Crippen molar-refractivity contribution >= 4 is 17.9 Å². The Hall–Kier alpha value is -2.97. The molecule has 5 atom stereocenters. The molecular formula is C31H44F3N5O6. The second-order valence-corrected chi connectivity index (χ2v) is 13.7. The third-order valence-electron chi connectivity index (χ3n) is 9.46. The van der Waals surface area contributed by atoms with Crippen molar-refractivity contribution in [3.8, 4) is 0 Å². The summed E-state index contributed by atoms with van der Waals surface area (Å²) >= 11 is 0. The van der Waals surface area contributed by atoms with E-state index < -0.39 is 28.8 Å². The zero-order chi connectivity index (χ0) is 32.6. The van der Waals surface area contributed by atoms with Gasteiger partial charge in [0.15, 0.2) is 0 Å². The number of methoxy groups -OCH3 is 1. The number of carbonyl (C=O) groups excluding carboxylic acids is 3. The minimum atomic E-state index is -4.53. The lowest BCUT2D eigenvalue weighted by atomic mass is 9.78. The van der Waals surface area contributed by atoms with E-state index in [1.54, 1.807) is 37.7 Å². The molecule has 5 rings (SSSR count). The van der Waals surface area contributed by atoms with Gasteiger partial charge in [-0.25, -0.2) is 4.79 Å². The summed E-state index contributed by atoms with van der Waals surface area (Å²) in [6.07, 6.45) is -2.03. The highest BCUT2D eigenvalue weighted by Crippen LogP contribution is 2.52. The van der Waals surface area contributed by atoms with E-state index in [4.69, 9.17) is 14.2 Å². The fourth-order valence-electron chi connectivity index (χ4n) is 7.32. The van der Waals surface area contributed by atoms with E-state index in [9.17, 15) is 27.6 Å². The number of hydrogen-bond acceptors (Lipinski definition) is 8. The molecule has 45 heavy (non-hydrogen) atoms. The zero-order valence-corrected chi connectivity index (χ0v) is 26.4. The van der Waals surface area contributed by atoms with E-state index in [2.05, 4.69) is 15.6 Å². The highest BCUT2D eigenvalue weighted by Gasteiger charge is 2.59. The third-order valence-corrected chi connectivity index (χ3v) is 9.46. The summed E-state index contributed by atoms with van der Waals surface area (Å²) in [4.78, 5) is 47.2. The first-order valence-corrected chi connectivity index (χ1v) is 15.6. The molecule has 1 aromatic heterocycles. The maximum atomic E-state index is 14.4. The van der Waals surface area contributed by atoms with Crippen molar-refractivity contribution in [3.63, 3.8) is 0 Å². The van der Waals surface area contributed by atoms with Gasteiger partial charge in [-0.2, -0.15) is 13.2 Å². The van der Waals surface area contributed by atoms with Crippen LogP contribution in [0.1, 0.15) is 56.9 Å². The molecule has 2 unspecified atom stereocenters. The Morgan fingerprint density at radius 3 is 2.69 bits per heavy atom. The lowest BCUT2D eigenvalue weighted by Gasteiger charge is -2.37. The van der Waals surface area contributed by atoms with Gasteiger partial charge in [0.2, 0.25) is 11.8 Å². The van der Waals surface area contributed by atoms with Crippen LogP contribution >= 0.6 is 0 Å². The number of pyridine rings is 1. The Morgan fingerprint density at radius 1 is 1.20 bits per heavy atom. The summed E-state index contributed by atoms with van der Waals surface area (Å²) in [6, 6.07) is 1.22. The maximum Gasteiger partial charge on any atom is 0.417 e. The van der Waals surface area contributed by atoms with Gasteiger partial charge >= 0.3 is 12.3 Å². The van der Waals surface area contributed by atoms with Crippen LogP contribution < -0.4 is 10.6 Å². The largest absolute Gasteiger partial charge is 0.444 e. The van der Waals surface area contributed by atoms with Gasteiger partial charge in [0.25, 0.3) is 0 Å². The van der Waals surface area contributed by atoms with Crippen molar-refractivity contribution in [1.29, 1.82) is 0 Å². The molecule has 3 fully saturated rings. The third kappa shape index (κ3) is 7.54. The van der Waals surface area contributed by atoms with E-state index >= 15 is 0 Å². The molecule has 0 radical (unpaired) electrons. The second kappa shape index (κ2) is 13.0. The molecule has 1 aromatic rings. The van der Waals surface area contributed by atoms with Crippen LogP contribution in [0.2, 0.25) is 0 Å². The lowest BCUT2D eigenvalue weighted by molar-refractivity contribution is -0.144. The Bertz CT molecular complexity index is 1270. The smallest absolute Gasteiger partial charge is 0.417 e. The van der Waals surface area contributed by atoms with E-state index in [-0.39, 0.29) is 55.4 Å². The van der Waals surface area contributed by atoms with Gasteiger partial charge in [-0.05, 0) is 70.0 Å². The molecular weight excluding hydrogens is 595 g/mol. The van der Waals surface area contributed by atoms with E-state index in [1.807, 2.05) is 0 Å². The summed E-state index contributed by atoms with van der Waals surface area (Å²) in [7, 11) is 1.66. The van der Waals surface area contributed by atoms with Gasteiger partial charge in [0, 0.05) is 64.2 Å². The molecule has 1 saturated carbocycles. The first-order chi connectivity index (χ1) is 21.2. The van der Waals surface area contributed by atoms with Gasteiger partial charge < -0.3 is 34.6 Å². The molecule has 0 spiro atoms. The number of ether oxygens (including phenoxy) is 3. The first-order valence-electron chi connectivity index (χ1n) is 15.6. The lowest BCUT2D eigenvalue weighted by Crippen LogP contribution is -2.50.